The van der Waals surface area contributed by atoms with Gasteiger partial charge in [0.15, 0.2) is 0 Å². The molecular weight excluding hydrogens is 206 g/mol. The van der Waals surface area contributed by atoms with Crippen LogP contribution in [-0.2, 0) is 4.79 Å². The number of nitrogens with two attached hydrogens (primary N) is 1. The van der Waals surface area contributed by atoms with Gasteiger partial charge in [-0.3, -0.25) is 4.79 Å². The van der Waals surface area contributed by atoms with E-state index in [0.29, 0.717) is 5.75 Å². The summed E-state index contributed by atoms with van der Waals surface area (Å²) in [6.07, 6.45) is 0. The number of benzene rings is 1. The van der Waals surface area contributed by atoms with Crippen molar-refractivity contribution in [3.63, 3.8) is 0 Å². The number of hydrogen-bond donors (Lipinski definition) is 2. The van der Waals surface area contributed by atoms with Crippen LogP contribution in [0.5, 0.6) is 5.75 Å². The molecule has 0 aliphatic heterocycles. The van der Waals surface area contributed by atoms with Crippen molar-refractivity contribution in [2.75, 3.05) is 6.61 Å². The second kappa shape index (κ2) is 4.99. The van der Waals surface area contributed by atoms with Crippen LogP contribution in [0.2, 0.25) is 0 Å². The summed E-state index contributed by atoms with van der Waals surface area (Å²) in [7, 11) is 0. The quantitative estimate of drug-likeness (QED) is 0.809. The molecule has 0 aliphatic carbocycles. The summed E-state index contributed by atoms with van der Waals surface area (Å²) in [6, 6.07) is 2.95. The molecule has 0 bridgehead atoms. The molecule has 0 saturated heterocycles. The zero-order valence-corrected chi connectivity index (χ0v) is 9.78. The average molecular weight is 223 g/mol. The van der Waals surface area contributed by atoms with Gasteiger partial charge in [-0.15, -0.1) is 0 Å². The summed E-state index contributed by atoms with van der Waals surface area (Å²) >= 11 is 0. The lowest BCUT2D eigenvalue weighted by atomic mass is 10.1. The first-order chi connectivity index (χ1) is 7.41. The standard InChI is InChI=1S/C12H17NO3/c1-7-4-8(2)9(3)11(5-7)16-6-10(13)12(14)15/h4-5,10H,6,13H2,1-3H3,(H,14,15)/t10-/m0/s1. The van der Waals surface area contributed by atoms with E-state index in [0.717, 1.165) is 16.7 Å². The molecule has 0 unspecified atom stereocenters. The first-order valence-electron chi connectivity index (χ1n) is 5.11. The van der Waals surface area contributed by atoms with Gasteiger partial charge in [-0.2, -0.15) is 0 Å². The van der Waals surface area contributed by atoms with Crippen molar-refractivity contribution in [1.82, 2.24) is 0 Å². The maximum absolute atomic E-state index is 10.5. The highest BCUT2D eigenvalue weighted by Gasteiger charge is 2.13. The van der Waals surface area contributed by atoms with E-state index in [1.54, 1.807) is 0 Å². The number of hydrogen-bond acceptors (Lipinski definition) is 3. The molecule has 4 heteroatoms. The van der Waals surface area contributed by atoms with Crippen LogP contribution < -0.4 is 10.5 Å². The molecule has 88 valence electrons. The third-order valence-corrected chi connectivity index (χ3v) is 2.50. The number of carboxylic acids is 1. The van der Waals surface area contributed by atoms with Crippen molar-refractivity contribution in [1.29, 1.82) is 0 Å². The second-order valence-electron chi connectivity index (χ2n) is 3.96. The van der Waals surface area contributed by atoms with Crippen LogP contribution in [0, 0.1) is 20.8 Å². The Bertz CT molecular complexity index is 401. The van der Waals surface area contributed by atoms with Gasteiger partial charge in [-0.1, -0.05) is 6.07 Å². The molecule has 1 aromatic rings. The fourth-order valence-corrected chi connectivity index (χ4v) is 1.40. The molecule has 0 saturated carbocycles. The lowest BCUT2D eigenvalue weighted by Gasteiger charge is -2.13. The monoisotopic (exact) mass is 223 g/mol. The van der Waals surface area contributed by atoms with Gasteiger partial charge < -0.3 is 15.6 Å². The number of aryl methyl sites for hydroxylation is 2. The summed E-state index contributed by atoms with van der Waals surface area (Å²) in [5.41, 5.74) is 8.59. The third kappa shape index (κ3) is 2.97. The molecule has 0 spiro atoms. The molecule has 1 rings (SSSR count). The molecule has 16 heavy (non-hydrogen) atoms. The first kappa shape index (κ1) is 12.5. The predicted molar refractivity (Wildman–Crippen MR) is 61.8 cm³/mol. The van der Waals surface area contributed by atoms with Crippen molar-refractivity contribution in [3.05, 3.63) is 28.8 Å². The summed E-state index contributed by atoms with van der Waals surface area (Å²) in [5.74, 6) is -0.351. The highest BCUT2D eigenvalue weighted by atomic mass is 16.5. The number of rotatable bonds is 4. The highest BCUT2D eigenvalue weighted by Crippen LogP contribution is 2.23. The Balaban J connectivity index is 2.78. The van der Waals surface area contributed by atoms with E-state index < -0.39 is 12.0 Å². The second-order valence-corrected chi connectivity index (χ2v) is 3.96. The molecule has 4 nitrogen and oxygen atoms in total. The van der Waals surface area contributed by atoms with E-state index in [2.05, 4.69) is 6.07 Å². The van der Waals surface area contributed by atoms with Gasteiger partial charge >= 0.3 is 5.97 Å². The van der Waals surface area contributed by atoms with Crippen LogP contribution in [0.1, 0.15) is 16.7 Å². The van der Waals surface area contributed by atoms with E-state index >= 15 is 0 Å². The van der Waals surface area contributed by atoms with E-state index in [-0.39, 0.29) is 6.61 Å². The SMILES string of the molecule is Cc1cc(C)c(C)c(OC[C@H](N)C(=O)O)c1. The third-order valence-electron chi connectivity index (χ3n) is 2.50. The smallest absolute Gasteiger partial charge is 0.324 e. The summed E-state index contributed by atoms with van der Waals surface area (Å²) in [5, 5.41) is 8.63. The van der Waals surface area contributed by atoms with Gasteiger partial charge in [0.2, 0.25) is 0 Å². The Morgan fingerprint density at radius 2 is 2.06 bits per heavy atom. The Morgan fingerprint density at radius 1 is 1.44 bits per heavy atom. The summed E-state index contributed by atoms with van der Waals surface area (Å²) in [4.78, 5) is 10.5. The molecular formula is C12H17NO3. The van der Waals surface area contributed by atoms with Crippen molar-refractivity contribution >= 4 is 5.97 Å². The lowest BCUT2D eigenvalue weighted by Crippen LogP contribution is -2.36. The lowest BCUT2D eigenvalue weighted by molar-refractivity contribution is -0.139. The van der Waals surface area contributed by atoms with Gasteiger partial charge in [0.25, 0.3) is 0 Å². The first-order valence-corrected chi connectivity index (χ1v) is 5.11. The zero-order valence-electron chi connectivity index (χ0n) is 9.78. The zero-order chi connectivity index (χ0) is 12.3. The minimum absolute atomic E-state index is 0.0148. The number of carboxylic acid groups (broad SMARTS) is 1. The van der Waals surface area contributed by atoms with Crippen LogP contribution >= 0.6 is 0 Å². The molecule has 0 aromatic heterocycles. The van der Waals surface area contributed by atoms with Crippen LogP contribution in [0.3, 0.4) is 0 Å². The molecule has 0 heterocycles. The molecule has 0 aliphatic rings. The Labute approximate surface area is 95.0 Å². The fraction of sp³-hybridized carbons (Fsp3) is 0.417. The van der Waals surface area contributed by atoms with Crippen molar-refractivity contribution in [2.45, 2.75) is 26.8 Å². The van der Waals surface area contributed by atoms with Gasteiger partial charge in [-0.25, -0.2) is 0 Å². The Hall–Kier alpha value is -1.55. The minimum atomic E-state index is -1.05. The highest BCUT2D eigenvalue weighted by molar-refractivity contribution is 5.73. The van der Waals surface area contributed by atoms with Crippen LogP contribution in [0.25, 0.3) is 0 Å². The fourth-order valence-electron chi connectivity index (χ4n) is 1.40. The van der Waals surface area contributed by atoms with Crippen molar-refractivity contribution < 1.29 is 14.6 Å². The predicted octanol–water partition coefficient (Wildman–Crippen LogP) is 1.40. The normalized spacial score (nSPS) is 12.2. The van der Waals surface area contributed by atoms with Gasteiger partial charge in [0, 0.05) is 0 Å². The summed E-state index contributed by atoms with van der Waals surface area (Å²) in [6.45, 7) is 5.89. The van der Waals surface area contributed by atoms with E-state index in [1.165, 1.54) is 0 Å². The van der Waals surface area contributed by atoms with E-state index in [4.69, 9.17) is 15.6 Å². The Kier molecular flexibility index (Phi) is 3.90. The number of ether oxygens (including phenoxy) is 1. The van der Waals surface area contributed by atoms with Crippen LogP contribution in [0.4, 0.5) is 0 Å². The molecule has 1 aromatic carbocycles. The molecule has 0 amide bonds. The minimum Gasteiger partial charge on any atom is -0.491 e. The van der Waals surface area contributed by atoms with Crippen molar-refractivity contribution in [3.8, 4) is 5.75 Å². The molecule has 3 N–H and O–H groups in total. The van der Waals surface area contributed by atoms with Gasteiger partial charge in [0.1, 0.15) is 18.4 Å². The van der Waals surface area contributed by atoms with Crippen LogP contribution in [0.15, 0.2) is 12.1 Å². The van der Waals surface area contributed by atoms with Gasteiger partial charge in [0.05, 0.1) is 0 Å². The topological polar surface area (TPSA) is 72.5 Å². The number of aliphatic carboxylic acids is 1. The molecule has 0 fully saturated rings. The number of carbonyl (C=O) groups is 1. The average Bonchev–Trinajstić information content (AvgIpc) is 2.20. The summed E-state index contributed by atoms with van der Waals surface area (Å²) < 4.78 is 5.42. The van der Waals surface area contributed by atoms with E-state index in [9.17, 15) is 4.79 Å². The maximum Gasteiger partial charge on any atom is 0.324 e. The molecule has 1 atom stereocenters. The Morgan fingerprint density at radius 3 is 2.62 bits per heavy atom. The maximum atomic E-state index is 10.5. The van der Waals surface area contributed by atoms with Gasteiger partial charge in [-0.05, 0) is 43.5 Å². The van der Waals surface area contributed by atoms with Crippen molar-refractivity contribution in [2.24, 2.45) is 5.73 Å². The van der Waals surface area contributed by atoms with E-state index in [1.807, 2.05) is 26.8 Å². The molecule has 0 radical (unpaired) electrons. The van der Waals surface area contributed by atoms with Crippen LogP contribution in [-0.4, -0.2) is 23.7 Å². The largest absolute Gasteiger partial charge is 0.491 e.